The highest BCUT2D eigenvalue weighted by molar-refractivity contribution is 9.10. The lowest BCUT2D eigenvalue weighted by Gasteiger charge is -2.37. The number of benzene rings is 1. The van der Waals surface area contributed by atoms with Crippen molar-refractivity contribution in [3.63, 3.8) is 0 Å². The summed E-state index contributed by atoms with van der Waals surface area (Å²) in [5, 5.41) is 3.79. The van der Waals surface area contributed by atoms with Crippen molar-refractivity contribution in [2.75, 3.05) is 0 Å². The van der Waals surface area contributed by atoms with Gasteiger partial charge in [-0.1, -0.05) is 48.3 Å². The van der Waals surface area contributed by atoms with Crippen LogP contribution in [0.15, 0.2) is 28.7 Å². The molecule has 0 radical (unpaired) electrons. The summed E-state index contributed by atoms with van der Waals surface area (Å²) in [5.74, 6) is 0. The Morgan fingerprint density at radius 2 is 1.94 bits per heavy atom. The first kappa shape index (κ1) is 14.1. The Kier molecular flexibility index (Phi) is 4.50. The van der Waals surface area contributed by atoms with Crippen molar-refractivity contribution in [3.05, 3.63) is 34.3 Å². The minimum absolute atomic E-state index is 0.442. The van der Waals surface area contributed by atoms with Gasteiger partial charge in [-0.25, -0.2) is 0 Å². The normalized spacial score (nSPS) is 24.8. The van der Waals surface area contributed by atoms with E-state index in [-0.39, 0.29) is 0 Å². The van der Waals surface area contributed by atoms with E-state index in [1.165, 1.54) is 31.2 Å². The van der Waals surface area contributed by atoms with Crippen molar-refractivity contribution in [3.8, 4) is 0 Å². The molecule has 2 atom stereocenters. The van der Waals surface area contributed by atoms with E-state index < -0.39 is 0 Å². The van der Waals surface area contributed by atoms with Crippen LogP contribution in [0.5, 0.6) is 0 Å². The van der Waals surface area contributed by atoms with E-state index in [9.17, 15) is 0 Å². The first-order valence-electron chi connectivity index (χ1n) is 6.98. The van der Waals surface area contributed by atoms with Crippen molar-refractivity contribution >= 4 is 15.9 Å². The maximum Gasteiger partial charge on any atom is 0.0294 e. The molecule has 1 saturated carbocycles. The van der Waals surface area contributed by atoms with Crippen LogP contribution in [0, 0.1) is 5.41 Å². The third-order valence-electron chi connectivity index (χ3n) is 4.06. The molecule has 0 aliphatic heterocycles. The number of hydrogen-bond acceptors (Lipinski definition) is 1. The zero-order chi connectivity index (χ0) is 13.2. The van der Waals surface area contributed by atoms with Gasteiger partial charge in [0.25, 0.3) is 0 Å². The van der Waals surface area contributed by atoms with Crippen LogP contribution in [0.1, 0.15) is 58.1 Å². The lowest BCUT2D eigenvalue weighted by molar-refractivity contribution is 0.191. The minimum Gasteiger partial charge on any atom is -0.307 e. The Morgan fingerprint density at radius 1 is 1.28 bits per heavy atom. The molecular weight excluding hydrogens is 286 g/mol. The summed E-state index contributed by atoms with van der Waals surface area (Å²) in [6, 6.07) is 9.77. The van der Waals surface area contributed by atoms with Crippen LogP contribution in [-0.2, 0) is 0 Å². The van der Waals surface area contributed by atoms with Gasteiger partial charge in [0.05, 0.1) is 0 Å². The quantitative estimate of drug-likeness (QED) is 0.822. The molecule has 1 N–H and O–H groups in total. The van der Waals surface area contributed by atoms with Gasteiger partial charge in [-0.3, -0.25) is 0 Å². The van der Waals surface area contributed by atoms with E-state index in [1.54, 1.807) is 0 Å². The van der Waals surface area contributed by atoms with Gasteiger partial charge in [0, 0.05) is 16.6 Å². The number of hydrogen-bond donors (Lipinski definition) is 1. The number of rotatable bonds is 3. The topological polar surface area (TPSA) is 12.0 Å². The van der Waals surface area contributed by atoms with Crippen molar-refractivity contribution in [2.24, 2.45) is 5.41 Å². The summed E-state index contributed by atoms with van der Waals surface area (Å²) < 4.78 is 1.15. The fraction of sp³-hybridized carbons (Fsp3) is 0.625. The smallest absolute Gasteiger partial charge is 0.0294 e. The van der Waals surface area contributed by atoms with Gasteiger partial charge >= 0.3 is 0 Å². The molecule has 2 heteroatoms. The Balaban J connectivity index is 1.94. The molecule has 1 fully saturated rings. The molecule has 0 bridgehead atoms. The van der Waals surface area contributed by atoms with Crippen molar-refractivity contribution < 1.29 is 0 Å². The summed E-state index contributed by atoms with van der Waals surface area (Å²) >= 11 is 3.49. The average Bonchev–Trinajstić information content (AvgIpc) is 2.28. The van der Waals surface area contributed by atoms with Crippen molar-refractivity contribution in [1.82, 2.24) is 5.32 Å². The monoisotopic (exact) mass is 309 g/mol. The first-order valence-corrected chi connectivity index (χ1v) is 7.77. The van der Waals surface area contributed by atoms with E-state index in [2.05, 4.69) is 66.3 Å². The molecular formula is C16H24BrN. The van der Waals surface area contributed by atoms with Gasteiger partial charge in [0.15, 0.2) is 0 Å². The van der Waals surface area contributed by atoms with Gasteiger partial charge in [-0.2, -0.15) is 0 Å². The summed E-state index contributed by atoms with van der Waals surface area (Å²) in [5.41, 5.74) is 1.89. The van der Waals surface area contributed by atoms with E-state index in [0.717, 1.165) is 4.47 Å². The molecule has 1 unspecified atom stereocenters. The average molecular weight is 310 g/mol. The van der Waals surface area contributed by atoms with Crippen molar-refractivity contribution in [2.45, 2.75) is 58.5 Å². The Hall–Kier alpha value is -0.340. The van der Waals surface area contributed by atoms with Gasteiger partial charge in [0.1, 0.15) is 0 Å². The highest BCUT2D eigenvalue weighted by Crippen LogP contribution is 2.35. The SMILES string of the molecule is C[C@@H](NC1CCCC(C)(C)C1)c1ccc(Br)cc1. The second-order valence-corrected chi connectivity index (χ2v) is 7.31. The fourth-order valence-corrected chi connectivity index (χ4v) is 3.31. The van der Waals surface area contributed by atoms with Gasteiger partial charge in [0.2, 0.25) is 0 Å². The van der Waals surface area contributed by atoms with Gasteiger partial charge < -0.3 is 5.32 Å². The maximum atomic E-state index is 3.79. The van der Waals surface area contributed by atoms with E-state index in [1.807, 2.05) is 0 Å². The second kappa shape index (κ2) is 5.75. The number of halogens is 1. The first-order chi connectivity index (χ1) is 8.46. The second-order valence-electron chi connectivity index (χ2n) is 6.40. The van der Waals surface area contributed by atoms with Crippen LogP contribution in [0.3, 0.4) is 0 Å². The van der Waals surface area contributed by atoms with Gasteiger partial charge in [-0.15, -0.1) is 0 Å². The fourth-order valence-electron chi connectivity index (χ4n) is 3.04. The van der Waals surface area contributed by atoms with E-state index in [0.29, 0.717) is 17.5 Å². The standard InChI is InChI=1S/C16H24BrN/c1-12(13-6-8-14(17)9-7-13)18-15-5-4-10-16(2,3)11-15/h6-9,12,15,18H,4-5,10-11H2,1-3H3/t12-,15?/m1/s1. The van der Waals surface area contributed by atoms with Crippen LogP contribution in [-0.4, -0.2) is 6.04 Å². The molecule has 0 heterocycles. The zero-order valence-corrected chi connectivity index (χ0v) is 13.3. The third-order valence-corrected chi connectivity index (χ3v) is 4.59. The minimum atomic E-state index is 0.442. The van der Waals surface area contributed by atoms with Crippen LogP contribution in [0.4, 0.5) is 0 Å². The third kappa shape index (κ3) is 3.83. The van der Waals surface area contributed by atoms with Crippen LogP contribution >= 0.6 is 15.9 Å². The molecule has 0 aromatic heterocycles. The highest BCUT2D eigenvalue weighted by Gasteiger charge is 2.28. The van der Waals surface area contributed by atoms with Gasteiger partial charge in [-0.05, 0) is 49.3 Å². The van der Waals surface area contributed by atoms with Crippen LogP contribution in [0.25, 0.3) is 0 Å². The van der Waals surface area contributed by atoms with Crippen LogP contribution < -0.4 is 5.32 Å². The molecule has 0 spiro atoms. The Labute approximate surface area is 119 Å². The maximum absolute atomic E-state index is 3.79. The van der Waals surface area contributed by atoms with Crippen molar-refractivity contribution in [1.29, 1.82) is 0 Å². The lowest BCUT2D eigenvalue weighted by atomic mass is 9.75. The van der Waals surface area contributed by atoms with E-state index in [4.69, 9.17) is 0 Å². The zero-order valence-electron chi connectivity index (χ0n) is 11.7. The Morgan fingerprint density at radius 3 is 2.56 bits per heavy atom. The molecule has 0 amide bonds. The predicted molar refractivity (Wildman–Crippen MR) is 81.7 cm³/mol. The molecule has 1 nitrogen and oxygen atoms in total. The molecule has 2 rings (SSSR count). The summed E-state index contributed by atoms with van der Waals surface area (Å²) in [7, 11) is 0. The summed E-state index contributed by atoms with van der Waals surface area (Å²) in [4.78, 5) is 0. The molecule has 0 saturated heterocycles. The summed E-state index contributed by atoms with van der Waals surface area (Å²) in [6.07, 6.45) is 5.35. The molecule has 1 aliphatic carbocycles. The Bertz CT molecular complexity index is 383. The predicted octanol–water partition coefficient (Wildman–Crippen LogP) is 5.07. The molecule has 18 heavy (non-hydrogen) atoms. The van der Waals surface area contributed by atoms with E-state index >= 15 is 0 Å². The summed E-state index contributed by atoms with van der Waals surface area (Å²) in [6.45, 7) is 7.06. The molecule has 1 aromatic carbocycles. The van der Waals surface area contributed by atoms with Crippen LogP contribution in [0.2, 0.25) is 0 Å². The molecule has 100 valence electrons. The highest BCUT2D eigenvalue weighted by atomic mass is 79.9. The molecule has 1 aromatic rings. The number of nitrogens with one attached hydrogen (secondary N) is 1. The molecule has 1 aliphatic rings. The largest absolute Gasteiger partial charge is 0.307 e. The lowest BCUT2D eigenvalue weighted by Crippen LogP contribution is -2.38.